The number of hydrogen-bond donors (Lipinski definition) is 3. The van der Waals surface area contributed by atoms with Crippen LogP contribution in [0, 0.1) is 0 Å². The van der Waals surface area contributed by atoms with E-state index in [4.69, 9.17) is 4.74 Å². The zero-order chi connectivity index (χ0) is 16.9. The average Bonchev–Trinajstić information content (AvgIpc) is 2.57. The number of carbonyl (C=O) groups is 1. The maximum Gasteiger partial charge on any atom is 0.411 e. The number of rotatable bonds is 8. The molecule has 0 aliphatic heterocycles. The number of methoxy groups -OCH3 is 1. The molecular formula is C16H27IN4O3. The van der Waals surface area contributed by atoms with E-state index in [1.54, 1.807) is 0 Å². The molecule has 136 valence electrons. The molecule has 1 aromatic rings. The van der Waals surface area contributed by atoms with Crippen LogP contribution in [0.25, 0.3) is 0 Å². The molecule has 0 heterocycles. The summed E-state index contributed by atoms with van der Waals surface area (Å²) in [5.41, 5.74) is 1.73. The Kier molecular flexibility index (Phi) is 13.0. The number of benzene rings is 1. The van der Waals surface area contributed by atoms with Gasteiger partial charge < -0.3 is 20.1 Å². The van der Waals surface area contributed by atoms with Crippen molar-refractivity contribution in [1.29, 1.82) is 0 Å². The number of hydrogen-bond acceptors (Lipinski definition) is 4. The van der Waals surface area contributed by atoms with Gasteiger partial charge in [0.1, 0.15) is 0 Å². The molecule has 0 saturated heterocycles. The van der Waals surface area contributed by atoms with Crippen LogP contribution in [0.3, 0.4) is 0 Å². The first-order valence-electron chi connectivity index (χ1n) is 7.73. The zero-order valence-electron chi connectivity index (χ0n) is 14.4. The third kappa shape index (κ3) is 9.56. The fourth-order valence-corrected chi connectivity index (χ4v) is 1.76. The molecule has 0 fully saturated rings. The lowest BCUT2D eigenvalue weighted by molar-refractivity contribution is 0.152. The third-order valence-electron chi connectivity index (χ3n) is 2.89. The topological polar surface area (TPSA) is 84.0 Å². The Labute approximate surface area is 160 Å². The third-order valence-corrected chi connectivity index (χ3v) is 2.89. The summed E-state index contributed by atoms with van der Waals surface area (Å²) in [4.78, 5) is 15.6. The molecule has 0 spiro atoms. The first kappa shape index (κ1) is 22.4. The fourth-order valence-electron chi connectivity index (χ4n) is 1.76. The van der Waals surface area contributed by atoms with Crippen LogP contribution in [0.2, 0.25) is 0 Å². The summed E-state index contributed by atoms with van der Waals surface area (Å²) in [7, 11) is 1.33. The highest BCUT2D eigenvalue weighted by Crippen LogP contribution is 2.10. The predicted octanol–water partition coefficient (Wildman–Crippen LogP) is 2.57. The summed E-state index contributed by atoms with van der Waals surface area (Å²) < 4.78 is 9.84. The molecule has 1 aromatic carbocycles. The largest absolute Gasteiger partial charge is 0.453 e. The van der Waals surface area contributed by atoms with Crippen molar-refractivity contribution < 1.29 is 14.3 Å². The van der Waals surface area contributed by atoms with Gasteiger partial charge in [0.05, 0.1) is 20.3 Å². The number of halogens is 1. The first-order chi connectivity index (χ1) is 11.2. The van der Waals surface area contributed by atoms with E-state index in [2.05, 4.69) is 25.7 Å². The van der Waals surface area contributed by atoms with E-state index in [0.29, 0.717) is 32.0 Å². The number of aliphatic imine (C=N–C) groups is 1. The molecule has 0 aromatic heterocycles. The number of ether oxygens (including phenoxy) is 2. The minimum Gasteiger partial charge on any atom is -0.453 e. The monoisotopic (exact) mass is 450 g/mol. The minimum absolute atomic E-state index is 0. The highest BCUT2D eigenvalue weighted by atomic mass is 127. The van der Waals surface area contributed by atoms with Gasteiger partial charge in [0, 0.05) is 25.4 Å². The van der Waals surface area contributed by atoms with Crippen LogP contribution >= 0.6 is 24.0 Å². The highest BCUT2D eigenvalue weighted by molar-refractivity contribution is 14.0. The van der Waals surface area contributed by atoms with Gasteiger partial charge in [-0.25, -0.2) is 9.79 Å². The molecule has 1 amide bonds. The second-order valence-corrected chi connectivity index (χ2v) is 4.63. The molecule has 0 bridgehead atoms. The SMILES string of the molecule is CCNC(=NCc1ccc(NC(=O)OC)cc1)NCCOCC.I. The van der Waals surface area contributed by atoms with Crippen LogP contribution in [0.15, 0.2) is 29.3 Å². The van der Waals surface area contributed by atoms with E-state index < -0.39 is 6.09 Å². The van der Waals surface area contributed by atoms with Crippen LogP contribution in [0.1, 0.15) is 19.4 Å². The van der Waals surface area contributed by atoms with Crippen LogP contribution in [-0.2, 0) is 16.0 Å². The summed E-state index contributed by atoms with van der Waals surface area (Å²) in [5, 5.41) is 9.00. The van der Waals surface area contributed by atoms with Crippen LogP contribution in [0.4, 0.5) is 10.5 Å². The molecule has 0 unspecified atom stereocenters. The van der Waals surface area contributed by atoms with Crippen molar-refractivity contribution in [3.05, 3.63) is 29.8 Å². The van der Waals surface area contributed by atoms with Gasteiger partial charge in [0.2, 0.25) is 0 Å². The lowest BCUT2D eigenvalue weighted by Crippen LogP contribution is -2.39. The number of nitrogens with one attached hydrogen (secondary N) is 3. The van der Waals surface area contributed by atoms with Gasteiger partial charge in [-0.3, -0.25) is 5.32 Å². The summed E-state index contributed by atoms with van der Waals surface area (Å²) in [6, 6.07) is 7.46. The van der Waals surface area contributed by atoms with E-state index in [9.17, 15) is 4.79 Å². The fraction of sp³-hybridized carbons (Fsp3) is 0.500. The summed E-state index contributed by atoms with van der Waals surface area (Å²) in [5.74, 6) is 0.754. The van der Waals surface area contributed by atoms with E-state index in [1.165, 1.54) is 7.11 Å². The molecular weight excluding hydrogens is 423 g/mol. The smallest absolute Gasteiger partial charge is 0.411 e. The number of carbonyl (C=O) groups excluding carboxylic acids is 1. The molecule has 7 nitrogen and oxygen atoms in total. The number of guanidine groups is 1. The molecule has 0 aliphatic rings. The van der Waals surface area contributed by atoms with Gasteiger partial charge in [-0.1, -0.05) is 12.1 Å². The Morgan fingerprint density at radius 2 is 1.88 bits per heavy atom. The minimum atomic E-state index is -0.483. The Hall–Kier alpha value is -1.55. The molecule has 0 aliphatic carbocycles. The van der Waals surface area contributed by atoms with Crippen molar-refractivity contribution >= 4 is 41.7 Å². The van der Waals surface area contributed by atoms with Crippen molar-refractivity contribution in [3.8, 4) is 0 Å². The normalized spacial score (nSPS) is 10.5. The van der Waals surface area contributed by atoms with Crippen molar-refractivity contribution in [2.24, 2.45) is 4.99 Å². The molecule has 8 heteroatoms. The second kappa shape index (κ2) is 13.8. The van der Waals surface area contributed by atoms with Gasteiger partial charge in [-0.2, -0.15) is 0 Å². The quantitative estimate of drug-likeness (QED) is 0.246. The average molecular weight is 450 g/mol. The van der Waals surface area contributed by atoms with Crippen molar-refractivity contribution in [2.45, 2.75) is 20.4 Å². The molecule has 3 N–H and O–H groups in total. The number of amides is 1. The van der Waals surface area contributed by atoms with E-state index in [1.807, 2.05) is 38.1 Å². The maximum atomic E-state index is 11.1. The molecule has 0 radical (unpaired) electrons. The van der Waals surface area contributed by atoms with Crippen molar-refractivity contribution in [2.75, 3.05) is 38.7 Å². The second-order valence-electron chi connectivity index (χ2n) is 4.63. The van der Waals surface area contributed by atoms with E-state index in [-0.39, 0.29) is 24.0 Å². The predicted molar refractivity (Wildman–Crippen MR) is 107 cm³/mol. The maximum absolute atomic E-state index is 11.1. The van der Waals surface area contributed by atoms with E-state index in [0.717, 1.165) is 18.1 Å². The Bertz CT molecular complexity index is 495. The Morgan fingerprint density at radius 3 is 2.46 bits per heavy atom. The first-order valence-corrected chi connectivity index (χ1v) is 7.73. The van der Waals surface area contributed by atoms with Gasteiger partial charge >= 0.3 is 6.09 Å². The van der Waals surface area contributed by atoms with Gasteiger partial charge in [-0.15, -0.1) is 24.0 Å². The summed E-state index contributed by atoms with van der Waals surface area (Å²) in [6.07, 6.45) is -0.483. The zero-order valence-corrected chi connectivity index (χ0v) is 16.8. The van der Waals surface area contributed by atoms with E-state index >= 15 is 0 Å². The van der Waals surface area contributed by atoms with Crippen molar-refractivity contribution in [3.63, 3.8) is 0 Å². The number of nitrogens with zero attached hydrogens (tertiary/aromatic N) is 1. The molecule has 0 atom stereocenters. The van der Waals surface area contributed by atoms with Crippen LogP contribution < -0.4 is 16.0 Å². The van der Waals surface area contributed by atoms with Gasteiger partial charge in [-0.05, 0) is 31.5 Å². The Balaban J connectivity index is 0.00000529. The standard InChI is InChI=1S/C16H26N4O3.HI/c1-4-17-15(18-10-11-23-5-2)19-12-13-6-8-14(9-7-13)20-16(21)22-3;/h6-9H,4-5,10-12H2,1-3H3,(H,20,21)(H2,17,18,19);1H. The Morgan fingerprint density at radius 1 is 1.17 bits per heavy atom. The number of anilines is 1. The lowest BCUT2D eigenvalue weighted by Gasteiger charge is -2.11. The van der Waals surface area contributed by atoms with Gasteiger partial charge in [0.15, 0.2) is 5.96 Å². The van der Waals surface area contributed by atoms with Crippen LogP contribution in [-0.4, -0.2) is 45.5 Å². The van der Waals surface area contributed by atoms with Crippen molar-refractivity contribution in [1.82, 2.24) is 10.6 Å². The highest BCUT2D eigenvalue weighted by Gasteiger charge is 2.01. The van der Waals surface area contributed by atoms with Gasteiger partial charge in [0.25, 0.3) is 0 Å². The summed E-state index contributed by atoms with van der Waals surface area (Å²) >= 11 is 0. The summed E-state index contributed by atoms with van der Waals surface area (Å²) in [6.45, 7) is 7.40. The molecule has 24 heavy (non-hydrogen) atoms. The molecule has 0 saturated carbocycles. The molecule has 1 rings (SSSR count). The van der Waals surface area contributed by atoms with Crippen LogP contribution in [0.5, 0.6) is 0 Å². The lowest BCUT2D eigenvalue weighted by atomic mass is 10.2.